The fourth-order valence-electron chi connectivity index (χ4n) is 1.29. The number of hydrogen-bond donors (Lipinski definition) is 0. The molecule has 2 rings (SSSR count). The van der Waals surface area contributed by atoms with Gasteiger partial charge in [0.1, 0.15) is 0 Å². The molecule has 1 saturated carbocycles. The summed E-state index contributed by atoms with van der Waals surface area (Å²) in [5, 5.41) is 3.88. The summed E-state index contributed by atoms with van der Waals surface area (Å²) in [7, 11) is 0. The fraction of sp³-hybridized carbons (Fsp3) is 0.545. The number of nitrogens with zero attached hydrogens (tertiary/aromatic N) is 2. The average Bonchev–Trinajstić information content (AvgIpc) is 2.83. The van der Waals surface area contributed by atoms with Gasteiger partial charge in [0.2, 0.25) is 0 Å². The molecule has 1 aromatic heterocycles. The zero-order valence-electron chi connectivity index (χ0n) is 9.40. The van der Waals surface area contributed by atoms with Crippen molar-refractivity contribution in [3.8, 4) is 0 Å². The third-order valence-corrected chi connectivity index (χ3v) is 2.63. The molecule has 0 N–H and O–H groups in total. The SMILES string of the molecule is CCOC(=O)/C=C/c1nc(C2(C)CC2)no1. The molecule has 1 aliphatic rings. The number of esters is 1. The van der Waals surface area contributed by atoms with E-state index in [0.29, 0.717) is 12.5 Å². The molecule has 0 aliphatic heterocycles. The predicted octanol–water partition coefficient (Wildman–Crippen LogP) is 1.70. The Kier molecular flexibility index (Phi) is 2.77. The summed E-state index contributed by atoms with van der Waals surface area (Å²) < 4.78 is 9.74. The highest BCUT2D eigenvalue weighted by molar-refractivity contribution is 5.86. The molecule has 1 heterocycles. The van der Waals surface area contributed by atoms with E-state index in [-0.39, 0.29) is 5.41 Å². The average molecular weight is 222 g/mol. The van der Waals surface area contributed by atoms with Gasteiger partial charge in [-0.25, -0.2) is 4.79 Å². The minimum absolute atomic E-state index is 0.0829. The highest BCUT2D eigenvalue weighted by Crippen LogP contribution is 2.45. The highest BCUT2D eigenvalue weighted by atomic mass is 16.5. The lowest BCUT2D eigenvalue weighted by molar-refractivity contribution is -0.137. The van der Waals surface area contributed by atoms with Crippen molar-refractivity contribution >= 4 is 12.0 Å². The predicted molar refractivity (Wildman–Crippen MR) is 56.6 cm³/mol. The summed E-state index contributed by atoms with van der Waals surface area (Å²) in [6.45, 7) is 4.21. The number of hydrogen-bond acceptors (Lipinski definition) is 5. The van der Waals surface area contributed by atoms with Crippen molar-refractivity contribution in [2.24, 2.45) is 0 Å². The third kappa shape index (κ3) is 2.29. The van der Waals surface area contributed by atoms with Gasteiger partial charge in [0.15, 0.2) is 5.82 Å². The Hall–Kier alpha value is -1.65. The van der Waals surface area contributed by atoms with Gasteiger partial charge < -0.3 is 9.26 Å². The van der Waals surface area contributed by atoms with Gasteiger partial charge in [-0.15, -0.1) is 0 Å². The van der Waals surface area contributed by atoms with Crippen LogP contribution in [0, 0.1) is 0 Å². The van der Waals surface area contributed by atoms with Crippen molar-refractivity contribution in [3.05, 3.63) is 17.8 Å². The van der Waals surface area contributed by atoms with Gasteiger partial charge in [-0.3, -0.25) is 0 Å². The van der Waals surface area contributed by atoms with Crippen LogP contribution in [-0.4, -0.2) is 22.7 Å². The Morgan fingerprint density at radius 2 is 2.38 bits per heavy atom. The van der Waals surface area contributed by atoms with Crippen molar-refractivity contribution in [2.45, 2.75) is 32.1 Å². The number of carbonyl (C=O) groups is 1. The first-order valence-electron chi connectivity index (χ1n) is 5.33. The molecule has 0 bridgehead atoms. The molecule has 1 fully saturated rings. The fourth-order valence-corrected chi connectivity index (χ4v) is 1.29. The van der Waals surface area contributed by atoms with E-state index in [1.165, 1.54) is 12.2 Å². The van der Waals surface area contributed by atoms with E-state index in [2.05, 4.69) is 17.1 Å². The smallest absolute Gasteiger partial charge is 0.330 e. The molecule has 0 amide bonds. The summed E-state index contributed by atoms with van der Waals surface area (Å²) in [6, 6.07) is 0. The van der Waals surface area contributed by atoms with E-state index in [4.69, 9.17) is 9.26 Å². The molecule has 0 radical (unpaired) electrons. The van der Waals surface area contributed by atoms with Gasteiger partial charge >= 0.3 is 5.97 Å². The van der Waals surface area contributed by atoms with Crippen LogP contribution in [-0.2, 0) is 14.9 Å². The monoisotopic (exact) mass is 222 g/mol. The Morgan fingerprint density at radius 3 is 3.00 bits per heavy atom. The van der Waals surface area contributed by atoms with Crippen LogP contribution in [0.3, 0.4) is 0 Å². The summed E-state index contributed by atoms with van der Waals surface area (Å²) in [5.41, 5.74) is 0.0829. The molecule has 1 aliphatic carbocycles. The Bertz CT molecular complexity index is 419. The van der Waals surface area contributed by atoms with Gasteiger partial charge in [0, 0.05) is 17.6 Å². The second-order valence-electron chi connectivity index (χ2n) is 4.10. The zero-order valence-corrected chi connectivity index (χ0v) is 9.40. The van der Waals surface area contributed by atoms with E-state index in [9.17, 15) is 4.79 Å². The largest absolute Gasteiger partial charge is 0.463 e. The van der Waals surface area contributed by atoms with Crippen LogP contribution in [0.15, 0.2) is 10.6 Å². The number of ether oxygens (including phenoxy) is 1. The van der Waals surface area contributed by atoms with Crippen molar-refractivity contribution in [3.63, 3.8) is 0 Å². The lowest BCUT2D eigenvalue weighted by atomic mass is 10.1. The van der Waals surface area contributed by atoms with Crippen LogP contribution >= 0.6 is 0 Å². The van der Waals surface area contributed by atoms with Crippen LogP contribution in [0.1, 0.15) is 38.4 Å². The molecule has 0 spiro atoms. The lowest BCUT2D eigenvalue weighted by Gasteiger charge is -1.96. The maximum Gasteiger partial charge on any atom is 0.330 e. The van der Waals surface area contributed by atoms with Gasteiger partial charge in [-0.05, 0) is 19.8 Å². The molecule has 0 aromatic carbocycles. The van der Waals surface area contributed by atoms with Crippen molar-refractivity contribution in [2.75, 3.05) is 6.61 Å². The molecule has 0 unspecified atom stereocenters. The molecule has 86 valence electrons. The Labute approximate surface area is 93.5 Å². The normalized spacial score (nSPS) is 17.6. The second-order valence-corrected chi connectivity index (χ2v) is 4.10. The summed E-state index contributed by atoms with van der Waals surface area (Å²) in [4.78, 5) is 15.2. The zero-order chi connectivity index (χ0) is 11.6. The molecular weight excluding hydrogens is 208 g/mol. The van der Waals surface area contributed by atoms with Gasteiger partial charge in [0.25, 0.3) is 5.89 Å². The Morgan fingerprint density at radius 1 is 1.62 bits per heavy atom. The van der Waals surface area contributed by atoms with Gasteiger partial charge in [-0.2, -0.15) is 4.98 Å². The maximum atomic E-state index is 11.0. The molecule has 5 nitrogen and oxygen atoms in total. The van der Waals surface area contributed by atoms with Crippen molar-refractivity contribution in [1.82, 2.24) is 10.1 Å². The highest BCUT2D eigenvalue weighted by Gasteiger charge is 2.43. The van der Waals surface area contributed by atoms with E-state index in [0.717, 1.165) is 18.7 Å². The van der Waals surface area contributed by atoms with E-state index < -0.39 is 5.97 Å². The van der Waals surface area contributed by atoms with Crippen LogP contribution in [0.4, 0.5) is 0 Å². The number of aromatic nitrogens is 2. The van der Waals surface area contributed by atoms with Crippen LogP contribution in [0.2, 0.25) is 0 Å². The minimum Gasteiger partial charge on any atom is -0.463 e. The molecule has 16 heavy (non-hydrogen) atoms. The quantitative estimate of drug-likeness (QED) is 0.573. The first-order valence-corrected chi connectivity index (χ1v) is 5.33. The summed E-state index contributed by atoms with van der Waals surface area (Å²) in [5.74, 6) is 0.659. The summed E-state index contributed by atoms with van der Waals surface area (Å²) in [6.07, 6.45) is 4.94. The molecule has 0 atom stereocenters. The molecular formula is C11H14N2O3. The van der Waals surface area contributed by atoms with Crippen LogP contribution in [0.5, 0.6) is 0 Å². The molecule has 0 saturated heterocycles. The maximum absolute atomic E-state index is 11.0. The second kappa shape index (κ2) is 4.08. The van der Waals surface area contributed by atoms with Gasteiger partial charge in [-0.1, -0.05) is 12.1 Å². The topological polar surface area (TPSA) is 65.2 Å². The molecule has 5 heteroatoms. The Balaban J connectivity index is 2.00. The first-order chi connectivity index (χ1) is 7.64. The van der Waals surface area contributed by atoms with Crippen molar-refractivity contribution < 1.29 is 14.1 Å². The number of rotatable bonds is 4. The van der Waals surface area contributed by atoms with E-state index in [1.54, 1.807) is 6.92 Å². The van der Waals surface area contributed by atoms with Crippen molar-refractivity contribution in [1.29, 1.82) is 0 Å². The van der Waals surface area contributed by atoms with E-state index >= 15 is 0 Å². The lowest BCUT2D eigenvalue weighted by Crippen LogP contribution is -2.02. The third-order valence-electron chi connectivity index (χ3n) is 2.63. The van der Waals surface area contributed by atoms with Gasteiger partial charge in [0.05, 0.1) is 6.61 Å². The standard InChI is InChI=1S/C11H14N2O3/c1-3-15-9(14)5-4-8-12-10(13-16-8)11(2)6-7-11/h4-5H,3,6-7H2,1-2H3/b5-4+. The summed E-state index contributed by atoms with van der Waals surface area (Å²) >= 11 is 0. The van der Waals surface area contributed by atoms with E-state index in [1.807, 2.05) is 0 Å². The van der Waals surface area contributed by atoms with Crippen LogP contribution in [0.25, 0.3) is 6.08 Å². The first kappa shape index (κ1) is 10.9. The molecule has 1 aromatic rings. The minimum atomic E-state index is -0.403. The van der Waals surface area contributed by atoms with Crippen LogP contribution < -0.4 is 0 Å². The number of carbonyl (C=O) groups excluding carboxylic acids is 1.